The first-order chi connectivity index (χ1) is 19.5. The van der Waals surface area contributed by atoms with Gasteiger partial charge in [-0.3, -0.25) is 9.59 Å². The molecule has 0 radical (unpaired) electrons. The Morgan fingerprint density at radius 1 is 0.786 bits per heavy atom. The van der Waals surface area contributed by atoms with Gasteiger partial charge in [0.25, 0.3) is 11.9 Å². The SMILES string of the molecule is C1CCNCC1.CC(=O)O.CC(=O)O.Cc1nc2cc(Br)ccc2s1.Cc1nc2cc(N3CCCCC3)ccc2s1.[Pd]. The number of aliphatic carboxylic acids is 2. The van der Waals surface area contributed by atoms with Crippen molar-refractivity contribution in [3.8, 4) is 0 Å². The number of aryl methyl sites for hydroxylation is 2. The second-order valence-corrected chi connectivity index (χ2v) is 13.0. The molecule has 0 saturated carbocycles. The maximum absolute atomic E-state index is 9.00. The number of rotatable bonds is 1. The molecule has 0 spiro atoms. The topological polar surface area (TPSA) is 116 Å². The van der Waals surface area contributed by atoms with Crippen LogP contribution in [0.5, 0.6) is 0 Å². The molecular weight excluding hydrogens is 731 g/mol. The van der Waals surface area contributed by atoms with E-state index in [1.54, 1.807) is 22.7 Å². The summed E-state index contributed by atoms with van der Waals surface area (Å²) in [6, 6.07) is 12.9. The van der Waals surface area contributed by atoms with Gasteiger partial charge in [0.1, 0.15) is 0 Å². The molecule has 0 atom stereocenters. The Morgan fingerprint density at radius 2 is 1.24 bits per heavy atom. The predicted molar refractivity (Wildman–Crippen MR) is 176 cm³/mol. The molecule has 2 aromatic carbocycles. The monoisotopic (exact) mass is 770 g/mol. The average Bonchev–Trinajstić information content (AvgIpc) is 3.49. The summed E-state index contributed by atoms with van der Waals surface area (Å²) in [6.45, 7) is 11.2. The normalized spacial score (nSPS) is 13.9. The molecule has 0 aliphatic carbocycles. The van der Waals surface area contributed by atoms with E-state index >= 15 is 0 Å². The van der Waals surface area contributed by atoms with Crippen LogP contribution in [0, 0.1) is 13.8 Å². The van der Waals surface area contributed by atoms with E-state index in [9.17, 15) is 0 Å². The van der Waals surface area contributed by atoms with Gasteiger partial charge in [0.15, 0.2) is 0 Å². The molecule has 0 amide bonds. The van der Waals surface area contributed by atoms with E-state index in [0.29, 0.717) is 0 Å². The van der Waals surface area contributed by atoms with Crippen molar-refractivity contribution < 1.29 is 40.2 Å². The molecule has 0 bridgehead atoms. The fraction of sp³-hybridized carbons (Fsp3) is 0.467. The Balaban J connectivity index is 0.000000295. The number of nitrogens with zero attached hydrogens (tertiary/aromatic N) is 3. The first kappa shape index (κ1) is 38.1. The fourth-order valence-electron chi connectivity index (χ4n) is 4.20. The summed E-state index contributed by atoms with van der Waals surface area (Å²) >= 11 is 6.91. The van der Waals surface area contributed by atoms with Gasteiger partial charge in [-0.1, -0.05) is 22.4 Å². The van der Waals surface area contributed by atoms with Crippen molar-refractivity contribution in [3.63, 3.8) is 0 Å². The van der Waals surface area contributed by atoms with E-state index in [1.165, 1.54) is 79.8 Å². The van der Waals surface area contributed by atoms with Crippen LogP contribution in [-0.4, -0.2) is 58.3 Å². The summed E-state index contributed by atoms with van der Waals surface area (Å²) in [6.07, 6.45) is 8.25. The predicted octanol–water partition coefficient (Wildman–Crippen LogP) is 7.90. The largest absolute Gasteiger partial charge is 0.481 e. The minimum absolute atomic E-state index is 0. The molecular formula is C30H41BrN4O4PdS2. The number of hydrogen-bond acceptors (Lipinski definition) is 8. The molecule has 4 heterocycles. The van der Waals surface area contributed by atoms with Crippen molar-refractivity contribution in [2.24, 2.45) is 0 Å². The zero-order valence-corrected chi connectivity index (χ0v) is 29.4. The zero-order valence-electron chi connectivity index (χ0n) is 24.6. The standard InChI is InChI=1S/C13H16N2S.C8H6BrNS.C5H11N.2C2H4O2.Pd/c1-10-14-12-9-11(5-6-13(12)16-10)15-7-3-2-4-8-15;1-5-10-7-4-6(9)2-3-8(7)11-5;1-2-4-6-5-3-1;2*1-2(3)4;/h5-6,9H,2-4,7-8H2,1H3;2-4H,1H3;6H,1-5H2;2*1H3,(H,3,4);. The third-order valence-electron chi connectivity index (χ3n) is 5.86. The zero-order chi connectivity index (χ0) is 30.2. The first-order valence-electron chi connectivity index (χ1n) is 13.8. The van der Waals surface area contributed by atoms with Crippen molar-refractivity contribution in [1.82, 2.24) is 15.3 Å². The molecule has 8 nitrogen and oxygen atoms in total. The van der Waals surface area contributed by atoms with E-state index in [2.05, 4.69) is 67.3 Å². The van der Waals surface area contributed by atoms with Crippen LogP contribution < -0.4 is 10.2 Å². The first-order valence-corrected chi connectivity index (χ1v) is 16.2. The maximum Gasteiger partial charge on any atom is 0.300 e. The number of fused-ring (bicyclic) bond motifs is 2. The number of aromatic nitrogens is 2. The van der Waals surface area contributed by atoms with Crippen molar-refractivity contribution in [1.29, 1.82) is 0 Å². The van der Waals surface area contributed by atoms with Crippen LogP contribution in [0.2, 0.25) is 0 Å². The van der Waals surface area contributed by atoms with Crippen LogP contribution in [0.3, 0.4) is 0 Å². The summed E-state index contributed by atoms with van der Waals surface area (Å²) in [5.41, 5.74) is 3.59. The number of halogens is 1. The molecule has 2 saturated heterocycles. The third-order valence-corrected chi connectivity index (χ3v) is 8.26. The molecule has 4 aromatic rings. The van der Waals surface area contributed by atoms with E-state index < -0.39 is 11.9 Å². The Hall–Kier alpha value is -1.94. The van der Waals surface area contributed by atoms with E-state index in [4.69, 9.17) is 19.8 Å². The van der Waals surface area contributed by atoms with Gasteiger partial charge in [0, 0.05) is 57.5 Å². The molecule has 12 heteroatoms. The number of benzene rings is 2. The quantitative estimate of drug-likeness (QED) is 0.168. The minimum atomic E-state index is -0.833. The van der Waals surface area contributed by atoms with Crippen molar-refractivity contribution >= 4 is 76.7 Å². The number of carbonyl (C=O) groups is 2. The van der Waals surface area contributed by atoms with Gasteiger partial charge in [0.05, 0.1) is 30.4 Å². The molecule has 234 valence electrons. The molecule has 2 aromatic heterocycles. The molecule has 6 rings (SSSR count). The molecule has 2 aliphatic heterocycles. The van der Waals surface area contributed by atoms with Crippen LogP contribution in [-0.2, 0) is 30.0 Å². The van der Waals surface area contributed by atoms with E-state index in [1.807, 2.05) is 19.1 Å². The van der Waals surface area contributed by atoms with Crippen LogP contribution in [0.15, 0.2) is 40.9 Å². The van der Waals surface area contributed by atoms with Gasteiger partial charge < -0.3 is 20.4 Å². The Labute approximate surface area is 278 Å². The second-order valence-electron chi connectivity index (χ2n) is 9.63. The van der Waals surface area contributed by atoms with Crippen LogP contribution >= 0.6 is 38.6 Å². The molecule has 2 fully saturated rings. The Bertz CT molecular complexity index is 1340. The molecule has 0 unspecified atom stereocenters. The van der Waals surface area contributed by atoms with Crippen molar-refractivity contribution in [3.05, 3.63) is 50.9 Å². The van der Waals surface area contributed by atoms with E-state index in [-0.39, 0.29) is 20.4 Å². The van der Waals surface area contributed by atoms with Gasteiger partial charge in [-0.2, -0.15) is 0 Å². The number of carboxylic acids is 2. The molecule has 2 aliphatic rings. The van der Waals surface area contributed by atoms with Crippen LogP contribution in [0.1, 0.15) is 62.4 Å². The van der Waals surface area contributed by atoms with Gasteiger partial charge >= 0.3 is 0 Å². The summed E-state index contributed by atoms with van der Waals surface area (Å²) in [4.78, 5) is 29.4. The summed E-state index contributed by atoms with van der Waals surface area (Å²) < 4.78 is 3.65. The third kappa shape index (κ3) is 15.5. The smallest absolute Gasteiger partial charge is 0.300 e. The number of hydrogen-bond donors (Lipinski definition) is 3. The van der Waals surface area contributed by atoms with E-state index in [0.717, 1.165) is 39.4 Å². The number of thiazole rings is 2. The molecule has 3 N–H and O–H groups in total. The second kappa shape index (κ2) is 20.9. The Kier molecular flexibility index (Phi) is 18.9. The van der Waals surface area contributed by atoms with Crippen molar-refractivity contribution in [2.45, 2.75) is 66.2 Å². The Morgan fingerprint density at radius 3 is 1.69 bits per heavy atom. The fourth-order valence-corrected chi connectivity index (χ4v) is 6.16. The summed E-state index contributed by atoms with van der Waals surface area (Å²) in [7, 11) is 0. The number of anilines is 1. The summed E-state index contributed by atoms with van der Waals surface area (Å²) in [5, 5.41) is 20.4. The maximum atomic E-state index is 9.00. The van der Waals surface area contributed by atoms with Crippen LogP contribution in [0.4, 0.5) is 5.69 Å². The number of carboxylic acid groups (broad SMARTS) is 2. The van der Waals surface area contributed by atoms with Gasteiger partial charge in [-0.05, 0) is 95.4 Å². The average molecular weight is 772 g/mol. The summed E-state index contributed by atoms with van der Waals surface area (Å²) in [5.74, 6) is -1.67. The number of piperidine rings is 2. The van der Waals surface area contributed by atoms with Gasteiger partial charge in [-0.15, -0.1) is 22.7 Å². The van der Waals surface area contributed by atoms with Crippen molar-refractivity contribution in [2.75, 3.05) is 31.1 Å². The van der Waals surface area contributed by atoms with Gasteiger partial charge in [-0.25, -0.2) is 9.97 Å². The van der Waals surface area contributed by atoms with Gasteiger partial charge in [0.2, 0.25) is 0 Å². The van der Waals surface area contributed by atoms with Crippen LogP contribution in [0.25, 0.3) is 20.4 Å². The number of nitrogens with one attached hydrogen (secondary N) is 1. The molecule has 42 heavy (non-hydrogen) atoms. The minimum Gasteiger partial charge on any atom is -0.481 e.